The molecule has 1 saturated heterocycles. The highest BCUT2D eigenvalue weighted by molar-refractivity contribution is 7.91. The predicted molar refractivity (Wildman–Crippen MR) is 81.1 cm³/mol. The Hall–Kier alpha value is -1.04. The third-order valence-electron chi connectivity index (χ3n) is 3.20. The molecule has 1 aliphatic rings. The van der Waals surface area contributed by atoms with E-state index in [1.165, 1.54) is 0 Å². The fourth-order valence-corrected chi connectivity index (χ4v) is 3.61. The summed E-state index contributed by atoms with van der Waals surface area (Å²) in [5, 5.41) is 0.564. The topological polar surface area (TPSA) is 46.6 Å². The van der Waals surface area contributed by atoms with E-state index in [-0.39, 0.29) is 11.5 Å². The normalized spacial score (nSPS) is 18.6. The van der Waals surface area contributed by atoms with Crippen LogP contribution in [0.15, 0.2) is 30.9 Å². The largest absolute Gasteiger partial charge is 0.488 e. The van der Waals surface area contributed by atoms with Crippen molar-refractivity contribution in [3.63, 3.8) is 0 Å². The van der Waals surface area contributed by atoms with Crippen LogP contribution in [0.3, 0.4) is 0 Å². The van der Waals surface area contributed by atoms with Crippen LogP contribution in [-0.4, -0.2) is 44.5 Å². The molecule has 0 aromatic heterocycles. The SMILES string of the molecule is C=CCOc1ccc(CN2CCS(=O)(=O)CC2)cc1Cl. The lowest BCUT2D eigenvalue weighted by molar-refractivity contribution is 0.287. The lowest BCUT2D eigenvalue weighted by atomic mass is 10.2. The fourth-order valence-electron chi connectivity index (χ4n) is 2.08. The van der Waals surface area contributed by atoms with Crippen molar-refractivity contribution in [1.29, 1.82) is 0 Å². The number of hydrogen-bond donors (Lipinski definition) is 0. The standard InChI is InChI=1S/C14H18ClNO3S/c1-2-7-19-14-4-3-12(10-13(14)15)11-16-5-8-20(17,18)9-6-16/h2-4,10H,1,5-9,11H2. The van der Waals surface area contributed by atoms with E-state index in [1.807, 2.05) is 18.2 Å². The fraction of sp³-hybridized carbons (Fsp3) is 0.429. The van der Waals surface area contributed by atoms with E-state index < -0.39 is 9.84 Å². The van der Waals surface area contributed by atoms with Crippen LogP contribution in [0.25, 0.3) is 0 Å². The smallest absolute Gasteiger partial charge is 0.152 e. The quantitative estimate of drug-likeness (QED) is 0.781. The van der Waals surface area contributed by atoms with Gasteiger partial charge in [-0.1, -0.05) is 30.3 Å². The molecule has 1 fully saturated rings. The minimum Gasteiger partial charge on any atom is -0.488 e. The molecular formula is C14H18ClNO3S. The molecule has 0 atom stereocenters. The molecule has 1 heterocycles. The number of benzene rings is 1. The van der Waals surface area contributed by atoms with Crippen LogP contribution in [-0.2, 0) is 16.4 Å². The minimum absolute atomic E-state index is 0.237. The zero-order chi connectivity index (χ0) is 14.6. The number of nitrogens with zero attached hydrogens (tertiary/aromatic N) is 1. The van der Waals surface area contributed by atoms with Crippen molar-refractivity contribution in [2.24, 2.45) is 0 Å². The molecule has 6 heteroatoms. The molecule has 0 amide bonds. The van der Waals surface area contributed by atoms with E-state index in [4.69, 9.17) is 16.3 Å². The van der Waals surface area contributed by atoms with Gasteiger partial charge in [0.25, 0.3) is 0 Å². The summed E-state index contributed by atoms with van der Waals surface area (Å²) in [6.07, 6.45) is 1.67. The second-order valence-corrected chi connectivity index (χ2v) is 7.50. The second-order valence-electron chi connectivity index (χ2n) is 4.79. The number of halogens is 1. The van der Waals surface area contributed by atoms with Crippen LogP contribution in [0.4, 0.5) is 0 Å². The van der Waals surface area contributed by atoms with Gasteiger partial charge >= 0.3 is 0 Å². The highest BCUT2D eigenvalue weighted by atomic mass is 35.5. The first kappa shape index (κ1) is 15.4. The first-order chi connectivity index (χ1) is 9.50. The number of sulfone groups is 1. The van der Waals surface area contributed by atoms with Crippen LogP contribution in [0.2, 0.25) is 5.02 Å². The summed E-state index contributed by atoms with van der Waals surface area (Å²) in [5.41, 5.74) is 1.06. The molecule has 0 saturated carbocycles. The van der Waals surface area contributed by atoms with E-state index in [0.29, 0.717) is 37.0 Å². The van der Waals surface area contributed by atoms with Crippen molar-refractivity contribution in [3.05, 3.63) is 41.4 Å². The summed E-state index contributed by atoms with van der Waals surface area (Å²) < 4.78 is 28.2. The zero-order valence-electron chi connectivity index (χ0n) is 11.2. The first-order valence-electron chi connectivity index (χ1n) is 6.45. The summed E-state index contributed by atoms with van der Waals surface area (Å²) >= 11 is 6.15. The lowest BCUT2D eigenvalue weighted by Crippen LogP contribution is -2.39. The third kappa shape index (κ3) is 4.23. The molecule has 0 bridgehead atoms. The van der Waals surface area contributed by atoms with E-state index in [9.17, 15) is 8.42 Å². The van der Waals surface area contributed by atoms with Crippen molar-refractivity contribution in [2.75, 3.05) is 31.2 Å². The highest BCUT2D eigenvalue weighted by Gasteiger charge is 2.21. The number of hydrogen-bond acceptors (Lipinski definition) is 4. The molecule has 1 aromatic rings. The molecular weight excluding hydrogens is 298 g/mol. The van der Waals surface area contributed by atoms with Crippen molar-refractivity contribution >= 4 is 21.4 Å². The average Bonchev–Trinajstić information content (AvgIpc) is 2.40. The maximum Gasteiger partial charge on any atom is 0.152 e. The van der Waals surface area contributed by atoms with Crippen LogP contribution in [0, 0.1) is 0 Å². The van der Waals surface area contributed by atoms with Gasteiger partial charge < -0.3 is 4.74 Å². The summed E-state index contributed by atoms with van der Waals surface area (Å²) in [6.45, 7) is 5.87. The maximum atomic E-state index is 11.4. The Morgan fingerprint density at radius 2 is 2.05 bits per heavy atom. The maximum absolute atomic E-state index is 11.4. The van der Waals surface area contributed by atoms with E-state index >= 15 is 0 Å². The molecule has 4 nitrogen and oxygen atoms in total. The Bertz CT molecular complexity index is 572. The van der Waals surface area contributed by atoms with Gasteiger partial charge in [-0.2, -0.15) is 0 Å². The molecule has 0 unspecified atom stereocenters. The van der Waals surface area contributed by atoms with E-state index in [2.05, 4.69) is 11.5 Å². The van der Waals surface area contributed by atoms with E-state index in [1.54, 1.807) is 6.08 Å². The highest BCUT2D eigenvalue weighted by Crippen LogP contribution is 2.26. The minimum atomic E-state index is -2.83. The molecule has 1 aromatic carbocycles. The molecule has 2 rings (SSSR count). The molecule has 0 N–H and O–H groups in total. The van der Waals surface area contributed by atoms with Crippen LogP contribution in [0.5, 0.6) is 5.75 Å². The first-order valence-corrected chi connectivity index (χ1v) is 8.65. The lowest BCUT2D eigenvalue weighted by Gasteiger charge is -2.26. The number of ether oxygens (including phenoxy) is 1. The van der Waals surface area contributed by atoms with Crippen molar-refractivity contribution in [1.82, 2.24) is 4.90 Å². The summed E-state index contributed by atoms with van der Waals surface area (Å²) in [7, 11) is -2.83. The van der Waals surface area contributed by atoms with Crippen molar-refractivity contribution in [3.8, 4) is 5.75 Å². The third-order valence-corrected chi connectivity index (χ3v) is 5.10. The molecule has 110 valence electrons. The van der Waals surface area contributed by atoms with Gasteiger partial charge in [-0.05, 0) is 17.7 Å². The van der Waals surface area contributed by atoms with E-state index in [0.717, 1.165) is 5.56 Å². The van der Waals surface area contributed by atoms with Gasteiger partial charge in [0.05, 0.1) is 16.5 Å². The van der Waals surface area contributed by atoms with Gasteiger partial charge in [-0.15, -0.1) is 0 Å². The van der Waals surface area contributed by atoms with Gasteiger partial charge in [0.2, 0.25) is 0 Å². The Morgan fingerprint density at radius 3 is 2.65 bits per heavy atom. The molecule has 20 heavy (non-hydrogen) atoms. The van der Waals surface area contributed by atoms with Crippen molar-refractivity contribution < 1.29 is 13.2 Å². The van der Waals surface area contributed by atoms with Crippen LogP contribution < -0.4 is 4.74 Å². The predicted octanol–water partition coefficient (Wildman–Crippen LogP) is 2.14. The van der Waals surface area contributed by atoms with Gasteiger partial charge in [0.1, 0.15) is 12.4 Å². The Labute approximate surface area is 124 Å². The zero-order valence-corrected chi connectivity index (χ0v) is 12.8. The Morgan fingerprint density at radius 1 is 1.35 bits per heavy atom. The van der Waals surface area contributed by atoms with Crippen LogP contribution in [0.1, 0.15) is 5.56 Å². The molecule has 1 aliphatic heterocycles. The number of rotatable bonds is 5. The van der Waals surface area contributed by atoms with Gasteiger partial charge in [-0.3, -0.25) is 4.90 Å². The van der Waals surface area contributed by atoms with Gasteiger partial charge in [-0.25, -0.2) is 8.42 Å². The molecule has 0 radical (unpaired) electrons. The Balaban J connectivity index is 1.97. The summed E-state index contributed by atoms with van der Waals surface area (Å²) in [6, 6.07) is 5.65. The average molecular weight is 316 g/mol. The second kappa shape index (κ2) is 6.61. The van der Waals surface area contributed by atoms with Crippen LogP contribution >= 0.6 is 11.6 Å². The Kier molecular flexibility index (Phi) is 5.07. The molecule has 0 aliphatic carbocycles. The summed E-state index contributed by atoms with van der Waals surface area (Å²) in [5.74, 6) is 1.11. The molecule has 0 spiro atoms. The van der Waals surface area contributed by atoms with Gasteiger partial charge in [0, 0.05) is 19.6 Å². The van der Waals surface area contributed by atoms with Crippen molar-refractivity contribution in [2.45, 2.75) is 6.54 Å². The monoisotopic (exact) mass is 315 g/mol. The summed E-state index contributed by atoms with van der Waals surface area (Å²) in [4.78, 5) is 2.12. The van der Waals surface area contributed by atoms with Gasteiger partial charge in [0.15, 0.2) is 9.84 Å².